The van der Waals surface area contributed by atoms with Gasteiger partial charge in [0.15, 0.2) is 0 Å². The highest BCUT2D eigenvalue weighted by Crippen LogP contribution is 2.49. The predicted molar refractivity (Wildman–Crippen MR) is 128 cm³/mol. The van der Waals surface area contributed by atoms with Gasteiger partial charge >= 0.3 is 0 Å². The van der Waals surface area contributed by atoms with Crippen LogP contribution in [0.15, 0.2) is 97.1 Å². The maximum Gasteiger partial charge on any atom is 0.0158 e. The molecule has 0 heteroatoms. The highest BCUT2D eigenvalue weighted by molar-refractivity contribution is 5.81. The Morgan fingerprint density at radius 3 is 2.03 bits per heavy atom. The van der Waals surface area contributed by atoms with Crippen molar-refractivity contribution in [1.82, 2.24) is 0 Å². The highest BCUT2D eigenvalue weighted by Gasteiger charge is 2.35. The van der Waals surface area contributed by atoms with E-state index in [1.165, 1.54) is 44.5 Å². The molecule has 0 spiro atoms. The van der Waals surface area contributed by atoms with E-state index in [0.717, 1.165) is 6.42 Å². The van der Waals surface area contributed by atoms with E-state index in [-0.39, 0.29) is 5.41 Å². The third-order valence-electron chi connectivity index (χ3n) is 6.84. The Hall–Kier alpha value is -3.12. The summed E-state index contributed by atoms with van der Waals surface area (Å²) in [5, 5.41) is 0. The molecule has 0 saturated carbocycles. The first-order chi connectivity index (χ1) is 14.6. The minimum absolute atomic E-state index is 0.0408. The van der Waals surface area contributed by atoms with E-state index >= 15 is 0 Å². The van der Waals surface area contributed by atoms with Crippen LogP contribution in [0.3, 0.4) is 0 Å². The molecule has 0 aromatic heterocycles. The molecule has 0 nitrogen and oxygen atoms in total. The van der Waals surface area contributed by atoms with Crippen LogP contribution in [0.1, 0.15) is 55.4 Å². The van der Waals surface area contributed by atoms with Crippen LogP contribution in [0, 0.1) is 0 Å². The molecule has 0 saturated heterocycles. The van der Waals surface area contributed by atoms with Gasteiger partial charge in [-0.2, -0.15) is 0 Å². The van der Waals surface area contributed by atoms with E-state index in [0.29, 0.717) is 5.92 Å². The molecule has 4 aromatic carbocycles. The molecule has 1 aliphatic rings. The molecule has 30 heavy (non-hydrogen) atoms. The van der Waals surface area contributed by atoms with Gasteiger partial charge in [-0.3, -0.25) is 0 Å². The zero-order valence-electron chi connectivity index (χ0n) is 18.0. The Bertz CT molecular complexity index is 1200. The molecule has 4 aromatic rings. The lowest BCUT2D eigenvalue weighted by Gasteiger charge is -2.25. The van der Waals surface area contributed by atoms with Gasteiger partial charge in [0.05, 0.1) is 0 Å². The van der Waals surface area contributed by atoms with E-state index < -0.39 is 0 Å². The molecule has 1 aliphatic carbocycles. The van der Waals surface area contributed by atoms with Crippen molar-refractivity contribution < 1.29 is 0 Å². The average Bonchev–Trinajstić information content (AvgIpc) is 3.02. The number of hydrogen-bond donors (Lipinski definition) is 0. The summed E-state index contributed by atoms with van der Waals surface area (Å²) in [5.74, 6) is 0.381. The molecule has 0 N–H and O–H groups in total. The molecule has 0 heterocycles. The molecule has 0 amide bonds. The second-order valence-corrected chi connectivity index (χ2v) is 8.89. The first-order valence-corrected chi connectivity index (χ1v) is 11.0. The lowest BCUT2D eigenvalue weighted by molar-refractivity contribution is 0.657. The number of hydrogen-bond acceptors (Lipinski definition) is 0. The van der Waals surface area contributed by atoms with Gasteiger partial charge in [-0.05, 0) is 50.9 Å². The molecular weight excluding hydrogens is 360 g/mol. The summed E-state index contributed by atoms with van der Waals surface area (Å²) in [4.78, 5) is 0. The van der Waals surface area contributed by atoms with Gasteiger partial charge in [-0.1, -0.05) is 118 Å². The van der Waals surface area contributed by atoms with Crippen LogP contribution in [0.5, 0.6) is 0 Å². The second-order valence-electron chi connectivity index (χ2n) is 8.89. The van der Waals surface area contributed by atoms with Crippen LogP contribution in [-0.4, -0.2) is 0 Å². The van der Waals surface area contributed by atoms with Crippen LogP contribution >= 0.6 is 0 Å². The summed E-state index contributed by atoms with van der Waals surface area (Å²) in [6.45, 7) is 7.03. The van der Waals surface area contributed by atoms with Gasteiger partial charge in [0.2, 0.25) is 0 Å². The Kier molecular flexibility index (Phi) is 4.59. The number of fused-ring (bicyclic) bond motifs is 3. The normalized spacial score (nSPS) is 14.8. The molecule has 0 bridgehead atoms. The van der Waals surface area contributed by atoms with Crippen molar-refractivity contribution in [2.75, 3.05) is 0 Å². The Balaban J connectivity index is 1.63. The molecular formula is C30H28. The summed E-state index contributed by atoms with van der Waals surface area (Å²) in [5.41, 5.74) is 11.2. The summed E-state index contributed by atoms with van der Waals surface area (Å²) in [6.07, 6.45) is 1.08. The van der Waals surface area contributed by atoms with Crippen molar-refractivity contribution in [3.63, 3.8) is 0 Å². The molecule has 0 fully saturated rings. The second kappa shape index (κ2) is 7.29. The monoisotopic (exact) mass is 388 g/mol. The predicted octanol–water partition coefficient (Wildman–Crippen LogP) is 8.20. The van der Waals surface area contributed by atoms with Crippen LogP contribution in [-0.2, 0) is 5.41 Å². The quantitative estimate of drug-likeness (QED) is 0.330. The summed E-state index contributed by atoms with van der Waals surface area (Å²) >= 11 is 0. The first-order valence-electron chi connectivity index (χ1n) is 11.0. The molecule has 5 rings (SSSR count). The Morgan fingerprint density at radius 1 is 0.633 bits per heavy atom. The average molecular weight is 389 g/mol. The van der Waals surface area contributed by atoms with Crippen LogP contribution in [0.2, 0.25) is 0 Å². The summed E-state index contributed by atoms with van der Waals surface area (Å²) in [7, 11) is 0. The number of rotatable bonds is 4. The molecule has 0 aliphatic heterocycles. The van der Waals surface area contributed by atoms with Crippen LogP contribution in [0.4, 0.5) is 0 Å². The fraction of sp³-hybridized carbons (Fsp3) is 0.200. The fourth-order valence-electron chi connectivity index (χ4n) is 5.26. The van der Waals surface area contributed by atoms with Crippen molar-refractivity contribution in [1.29, 1.82) is 0 Å². The summed E-state index contributed by atoms with van der Waals surface area (Å²) < 4.78 is 0. The van der Waals surface area contributed by atoms with Crippen LogP contribution in [0.25, 0.3) is 22.3 Å². The van der Waals surface area contributed by atoms with Gasteiger partial charge in [-0.15, -0.1) is 0 Å². The largest absolute Gasteiger partial charge is 0.0645 e. The Labute approximate surface area is 180 Å². The maximum absolute atomic E-state index is 2.48. The fourth-order valence-corrected chi connectivity index (χ4v) is 5.26. The molecule has 0 radical (unpaired) electrons. The van der Waals surface area contributed by atoms with Crippen LogP contribution < -0.4 is 0 Å². The first kappa shape index (κ1) is 18.9. The van der Waals surface area contributed by atoms with Crippen molar-refractivity contribution >= 4 is 0 Å². The topological polar surface area (TPSA) is 0 Å². The van der Waals surface area contributed by atoms with E-state index in [1.807, 2.05) is 0 Å². The van der Waals surface area contributed by atoms with Gasteiger partial charge in [0.1, 0.15) is 0 Å². The lowest BCUT2D eigenvalue weighted by Crippen LogP contribution is -2.15. The SMILES string of the molecule is CCC(c1ccc2c(c1)C(C)(C)c1ccccc1-2)c1ccccc1-c1ccccc1. The van der Waals surface area contributed by atoms with Crippen molar-refractivity contribution in [2.24, 2.45) is 0 Å². The molecule has 148 valence electrons. The zero-order valence-corrected chi connectivity index (χ0v) is 18.0. The Morgan fingerprint density at radius 2 is 1.27 bits per heavy atom. The molecule has 1 atom stereocenters. The standard InChI is InChI=1S/C30H28/c1-4-23(25-15-9-8-14-24(25)21-12-6-5-7-13-21)22-18-19-27-26-16-10-11-17-28(26)30(2,3)29(27)20-22/h5-20,23H,4H2,1-3H3. The third kappa shape index (κ3) is 2.91. The minimum atomic E-state index is 0.0408. The minimum Gasteiger partial charge on any atom is -0.0645 e. The highest BCUT2D eigenvalue weighted by atomic mass is 14.4. The van der Waals surface area contributed by atoms with E-state index in [4.69, 9.17) is 0 Å². The van der Waals surface area contributed by atoms with Crippen molar-refractivity contribution in [2.45, 2.75) is 38.5 Å². The third-order valence-corrected chi connectivity index (χ3v) is 6.84. The lowest BCUT2D eigenvalue weighted by atomic mass is 9.79. The van der Waals surface area contributed by atoms with Gasteiger partial charge < -0.3 is 0 Å². The summed E-state index contributed by atoms with van der Waals surface area (Å²) in [6, 6.07) is 35.7. The smallest absolute Gasteiger partial charge is 0.0158 e. The zero-order chi connectivity index (χ0) is 20.7. The van der Waals surface area contributed by atoms with Crippen molar-refractivity contribution in [3.8, 4) is 22.3 Å². The van der Waals surface area contributed by atoms with Crippen molar-refractivity contribution in [3.05, 3.63) is 119 Å². The van der Waals surface area contributed by atoms with Gasteiger partial charge in [0, 0.05) is 11.3 Å². The van der Waals surface area contributed by atoms with E-state index in [1.54, 1.807) is 0 Å². The maximum atomic E-state index is 2.48. The molecule has 1 unspecified atom stereocenters. The van der Waals surface area contributed by atoms with E-state index in [9.17, 15) is 0 Å². The number of benzene rings is 4. The van der Waals surface area contributed by atoms with Gasteiger partial charge in [-0.25, -0.2) is 0 Å². The van der Waals surface area contributed by atoms with E-state index in [2.05, 4.69) is 118 Å². The van der Waals surface area contributed by atoms with Gasteiger partial charge in [0.25, 0.3) is 0 Å².